The minimum atomic E-state index is 0.726. The maximum atomic E-state index is 3.80. The van der Waals surface area contributed by atoms with Crippen LogP contribution < -0.4 is 5.32 Å². The summed E-state index contributed by atoms with van der Waals surface area (Å²) in [5, 5.41) is 3.80. The average Bonchev–Trinajstić information content (AvgIpc) is 3.09. The van der Waals surface area contributed by atoms with Crippen molar-refractivity contribution in [2.45, 2.75) is 44.7 Å². The smallest absolute Gasteiger partial charge is 0.0234 e. The standard InChI is InChI=1S/C17H26N2/c1-2-8-16(9-3-1)13-19-11-10-17(14-19)18-12-15-6-4-5-7-15/h1-3,8-9,15,17-18H,4-7,10-14H2. The van der Waals surface area contributed by atoms with Crippen LogP contribution in [0, 0.1) is 5.92 Å². The molecule has 1 saturated carbocycles. The van der Waals surface area contributed by atoms with E-state index in [-0.39, 0.29) is 0 Å². The molecule has 0 radical (unpaired) electrons. The fourth-order valence-electron chi connectivity index (χ4n) is 3.53. The number of hydrogen-bond acceptors (Lipinski definition) is 2. The largest absolute Gasteiger partial charge is 0.312 e. The van der Waals surface area contributed by atoms with Crippen LogP contribution in [0.5, 0.6) is 0 Å². The van der Waals surface area contributed by atoms with E-state index in [2.05, 4.69) is 40.5 Å². The summed E-state index contributed by atoms with van der Waals surface area (Å²) in [7, 11) is 0. The van der Waals surface area contributed by atoms with Crippen LogP contribution in [0.4, 0.5) is 0 Å². The van der Waals surface area contributed by atoms with Crippen molar-refractivity contribution in [3.05, 3.63) is 35.9 Å². The summed E-state index contributed by atoms with van der Waals surface area (Å²) in [6, 6.07) is 11.6. The SMILES string of the molecule is c1ccc(CN2CCC(NCC3CCCC3)C2)cc1. The summed E-state index contributed by atoms with van der Waals surface area (Å²) < 4.78 is 0. The average molecular weight is 258 g/mol. The number of benzene rings is 1. The molecule has 0 aromatic heterocycles. The highest BCUT2D eigenvalue weighted by Crippen LogP contribution is 2.24. The lowest BCUT2D eigenvalue weighted by Crippen LogP contribution is -2.35. The zero-order chi connectivity index (χ0) is 12.9. The first-order valence-electron chi connectivity index (χ1n) is 7.90. The molecule has 2 heteroatoms. The second-order valence-electron chi connectivity index (χ2n) is 6.27. The first-order valence-corrected chi connectivity index (χ1v) is 7.90. The van der Waals surface area contributed by atoms with Gasteiger partial charge in [0.1, 0.15) is 0 Å². The van der Waals surface area contributed by atoms with E-state index in [1.54, 1.807) is 0 Å². The van der Waals surface area contributed by atoms with Crippen molar-refractivity contribution in [2.24, 2.45) is 5.92 Å². The third-order valence-electron chi connectivity index (χ3n) is 4.69. The van der Waals surface area contributed by atoms with E-state index in [1.807, 2.05) is 0 Å². The summed E-state index contributed by atoms with van der Waals surface area (Å²) in [5.74, 6) is 0.961. The molecule has 0 amide bonds. The number of hydrogen-bond donors (Lipinski definition) is 1. The molecule has 1 heterocycles. The Morgan fingerprint density at radius 2 is 1.84 bits per heavy atom. The van der Waals surface area contributed by atoms with Gasteiger partial charge in [0, 0.05) is 25.7 Å². The zero-order valence-electron chi connectivity index (χ0n) is 11.9. The van der Waals surface area contributed by atoms with Gasteiger partial charge in [-0.1, -0.05) is 43.2 Å². The molecular formula is C17H26N2. The van der Waals surface area contributed by atoms with Crippen molar-refractivity contribution in [3.8, 4) is 0 Å². The molecule has 2 nitrogen and oxygen atoms in total. The van der Waals surface area contributed by atoms with Crippen molar-refractivity contribution < 1.29 is 0 Å². The Balaban J connectivity index is 1.40. The highest BCUT2D eigenvalue weighted by atomic mass is 15.2. The van der Waals surface area contributed by atoms with Crippen molar-refractivity contribution in [3.63, 3.8) is 0 Å². The molecule has 3 rings (SSSR count). The molecule has 1 N–H and O–H groups in total. The molecule has 19 heavy (non-hydrogen) atoms. The quantitative estimate of drug-likeness (QED) is 0.873. The minimum absolute atomic E-state index is 0.726. The Labute approximate surface area is 117 Å². The van der Waals surface area contributed by atoms with E-state index < -0.39 is 0 Å². The highest BCUT2D eigenvalue weighted by molar-refractivity contribution is 5.14. The van der Waals surface area contributed by atoms with Gasteiger partial charge >= 0.3 is 0 Å². The lowest BCUT2D eigenvalue weighted by atomic mass is 10.1. The zero-order valence-corrected chi connectivity index (χ0v) is 11.9. The van der Waals surface area contributed by atoms with Gasteiger partial charge < -0.3 is 5.32 Å². The van der Waals surface area contributed by atoms with Gasteiger partial charge in [-0.2, -0.15) is 0 Å². The molecule has 1 saturated heterocycles. The molecule has 2 fully saturated rings. The normalized spacial score (nSPS) is 25.2. The van der Waals surface area contributed by atoms with Crippen LogP contribution in [0.1, 0.15) is 37.7 Å². The summed E-state index contributed by atoms with van der Waals surface area (Å²) >= 11 is 0. The van der Waals surface area contributed by atoms with Gasteiger partial charge in [0.2, 0.25) is 0 Å². The van der Waals surface area contributed by atoms with Crippen molar-refractivity contribution in [1.82, 2.24) is 10.2 Å². The summed E-state index contributed by atoms with van der Waals surface area (Å²) in [5.41, 5.74) is 1.44. The van der Waals surface area contributed by atoms with E-state index in [9.17, 15) is 0 Å². The molecule has 1 unspecified atom stereocenters. The molecule has 104 valence electrons. The molecule has 1 aliphatic carbocycles. The van der Waals surface area contributed by atoms with Crippen LogP contribution in [-0.2, 0) is 6.54 Å². The van der Waals surface area contributed by atoms with Crippen LogP contribution in [0.3, 0.4) is 0 Å². The molecule has 1 atom stereocenters. The van der Waals surface area contributed by atoms with Gasteiger partial charge in [0.05, 0.1) is 0 Å². The van der Waals surface area contributed by atoms with Gasteiger partial charge in [-0.05, 0) is 37.3 Å². The van der Waals surface area contributed by atoms with Gasteiger partial charge in [-0.15, -0.1) is 0 Å². The van der Waals surface area contributed by atoms with Crippen LogP contribution >= 0.6 is 0 Å². The molecule has 1 aromatic carbocycles. The number of nitrogens with one attached hydrogen (secondary N) is 1. The molecule has 0 spiro atoms. The van der Waals surface area contributed by atoms with Crippen LogP contribution in [0.25, 0.3) is 0 Å². The highest BCUT2D eigenvalue weighted by Gasteiger charge is 2.23. The Kier molecular flexibility index (Phi) is 4.52. The lowest BCUT2D eigenvalue weighted by molar-refractivity contribution is 0.317. The third kappa shape index (κ3) is 3.80. The Morgan fingerprint density at radius 3 is 2.63 bits per heavy atom. The van der Waals surface area contributed by atoms with E-state index in [0.717, 1.165) is 18.5 Å². The minimum Gasteiger partial charge on any atom is -0.312 e. The van der Waals surface area contributed by atoms with Crippen LogP contribution in [0.2, 0.25) is 0 Å². The Morgan fingerprint density at radius 1 is 1.05 bits per heavy atom. The summed E-state index contributed by atoms with van der Waals surface area (Å²) in [4.78, 5) is 2.58. The van der Waals surface area contributed by atoms with Crippen LogP contribution in [-0.4, -0.2) is 30.6 Å². The van der Waals surface area contributed by atoms with Gasteiger partial charge in [-0.25, -0.2) is 0 Å². The second-order valence-corrected chi connectivity index (χ2v) is 6.27. The van der Waals surface area contributed by atoms with Gasteiger partial charge in [0.15, 0.2) is 0 Å². The fraction of sp³-hybridized carbons (Fsp3) is 0.647. The Hall–Kier alpha value is -0.860. The lowest BCUT2D eigenvalue weighted by Gasteiger charge is -2.18. The summed E-state index contributed by atoms with van der Waals surface area (Å²) in [6.45, 7) is 4.84. The van der Waals surface area contributed by atoms with Gasteiger partial charge in [0.25, 0.3) is 0 Å². The van der Waals surface area contributed by atoms with Crippen molar-refractivity contribution >= 4 is 0 Å². The monoisotopic (exact) mass is 258 g/mol. The fourth-order valence-corrected chi connectivity index (χ4v) is 3.53. The maximum absolute atomic E-state index is 3.80. The van der Waals surface area contributed by atoms with E-state index in [4.69, 9.17) is 0 Å². The number of nitrogens with zero attached hydrogens (tertiary/aromatic N) is 1. The molecule has 1 aliphatic heterocycles. The molecule has 0 bridgehead atoms. The molecular weight excluding hydrogens is 232 g/mol. The predicted molar refractivity (Wildman–Crippen MR) is 80.1 cm³/mol. The maximum Gasteiger partial charge on any atom is 0.0234 e. The predicted octanol–water partition coefficient (Wildman–Crippen LogP) is 3.04. The second kappa shape index (κ2) is 6.53. The number of likely N-dealkylation sites (tertiary alicyclic amines) is 1. The first-order chi connectivity index (χ1) is 9.40. The number of rotatable bonds is 5. The first kappa shape index (κ1) is 13.1. The third-order valence-corrected chi connectivity index (χ3v) is 4.69. The topological polar surface area (TPSA) is 15.3 Å². The molecule has 2 aliphatic rings. The van der Waals surface area contributed by atoms with Crippen molar-refractivity contribution in [1.29, 1.82) is 0 Å². The Bertz CT molecular complexity index is 370. The van der Waals surface area contributed by atoms with Gasteiger partial charge in [-0.3, -0.25) is 4.90 Å². The van der Waals surface area contributed by atoms with E-state index >= 15 is 0 Å². The van der Waals surface area contributed by atoms with E-state index in [1.165, 1.54) is 57.3 Å². The summed E-state index contributed by atoms with van der Waals surface area (Å²) in [6.07, 6.45) is 7.13. The van der Waals surface area contributed by atoms with E-state index in [0.29, 0.717) is 0 Å². The van der Waals surface area contributed by atoms with Crippen molar-refractivity contribution in [2.75, 3.05) is 19.6 Å². The van der Waals surface area contributed by atoms with Crippen LogP contribution in [0.15, 0.2) is 30.3 Å². The molecule has 1 aromatic rings.